The zero-order chi connectivity index (χ0) is 24.8. The maximum atomic E-state index is 12.5. The first kappa shape index (κ1) is 25.5. The van der Waals surface area contributed by atoms with Crippen LogP contribution >= 0.6 is 22.7 Å². The number of anilines is 1. The van der Waals surface area contributed by atoms with Gasteiger partial charge < -0.3 is 4.55 Å². The molecule has 0 fully saturated rings. The van der Waals surface area contributed by atoms with Gasteiger partial charge in [0.15, 0.2) is 8.70 Å². The smallest absolute Gasteiger partial charge is 0.369 e. The summed E-state index contributed by atoms with van der Waals surface area (Å²) in [6.07, 6.45) is 0. The fourth-order valence-electron chi connectivity index (χ4n) is 2.93. The molecule has 0 aliphatic rings. The Bertz CT molecular complexity index is 1530. The highest BCUT2D eigenvalue weighted by atomic mass is 127. The zero-order valence-corrected chi connectivity index (χ0v) is 23.0. The van der Waals surface area contributed by atoms with Gasteiger partial charge in [-0.3, -0.25) is 10.1 Å². The first-order valence-corrected chi connectivity index (χ1v) is 15.5. The summed E-state index contributed by atoms with van der Waals surface area (Å²) in [6.45, 7) is 2.05. The normalized spacial score (nSPS) is 11.0. The second-order valence-electron chi connectivity index (χ2n) is 7.23. The molecule has 0 radical (unpaired) electrons. The Morgan fingerprint density at radius 3 is 2.34 bits per heavy atom. The van der Waals surface area contributed by atoms with Gasteiger partial charge in [0.05, 0.1) is 15.1 Å². The van der Waals surface area contributed by atoms with E-state index < -0.39 is 10.1 Å². The number of aromatic nitrogens is 1. The predicted molar refractivity (Wildman–Crippen MR) is 135 cm³/mol. The minimum Gasteiger partial charge on any atom is -0.744 e. The van der Waals surface area contributed by atoms with Crippen molar-refractivity contribution in [1.29, 1.82) is 0 Å². The van der Waals surface area contributed by atoms with Crippen LogP contribution in [-0.2, 0) is 10.1 Å². The molecule has 3 aromatic carbocycles. The lowest BCUT2D eigenvalue weighted by Gasteiger charge is -2.04. The predicted octanol–water partition coefficient (Wildman–Crippen LogP) is 2.64. The zero-order valence-electron chi connectivity index (χ0n) is 18.3. The summed E-state index contributed by atoms with van der Waals surface area (Å²) in [4.78, 5) is 16.7. The van der Waals surface area contributed by atoms with E-state index in [1.165, 1.54) is 47.6 Å². The van der Waals surface area contributed by atoms with Gasteiger partial charge in [0, 0.05) is 11.6 Å². The monoisotopic (exact) mass is 634 g/mol. The molecule has 6 nitrogen and oxygen atoms in total. The highest BCUT2D eigenvalue weighted by Crippen LogP contribution is 2.27. The second-order valence-corrected chi connectivity index (χ2v) is 14.3. The number of aryl methyl sites for hydroxylation is 1. The molecule has 0 aliphatic carbocycles. The van der Waals surface area contributed by atoms with Crippen molar-refractivity contribution in [2.45, 2.75) is 11.8 Å². The third-order valence-electron chi connectivity index (χ3n) is 4.59. The Morgan fingerprint density at radius 1 is 0.971 bits per heavy atom. The molecule has 2 aromatic heterocycles. The summed E-state index contributed by atoms with van der Waals surface area (Å²) >= 11 is 3.14. The Morgan fingerprint density at radius 2 is 1.71 bits per heavy atom. The molecule has 0 spiro atoms. The number of hydrogen-bond donors (Lipinski definition) is 1. The average molecular weight is 635 g/mol. The number of rotatable bonds is 5. The molecule has 0 saturated heterocycles. The number of carbonyl (C=O) groups excluding carboxylic acids is 1. The molecule has 0 aliphatic heterocycles. The van der Waals surface area contributed by atoms with Crippen molar-refractivity contribution >= 4 is 54.0 Å². The van der Waals surface area contributed by atoms with Crippen molar-refractivity contribution in [2.75, 3.05) is 5.32 Å². The number of benzene rings is 3. The highest BCUT2D eigenvalue weighted by molar-refractivity contribution is 7.85. The molecule has 10 heteroatoms. The van der Waals surface area contributed by atoms with Gasteiger partial charge in [0.2, 0.25) is 2.88 Å². The van der Waals surface area contributed by atoms with Gasteiger partial charge in [-0.05, 0) is 72.5 Å². The second kappa shape index (κ2) is 11.4. The molecule has 178 valence electrons. The van der Waals surface area contributed by atoms with Crippen LogP contribution < -0.4 is 26.5 Å². The molecule has 0 saturated carbocycles. The van der Waals surface area contributed by atoms with Crippen LogP contribution in [0, 0.1) is 13.4 Å². The van der Waals surface area contributed by atoms with Crippen LogP contribution in [-0.4, -0.2) is 23.9 Å². The van der Waals surface area contributed by atoms with Crippen LogP contribution in [0.15, 0.2) is 95.2 Å². The van der Waals surface area contributed by atoms with E-state index in [0.717, 1.165) is 10.2 Å². The first-order chi connectivity index (χ1) is 16.8. The Hall–Kier alpha value is -2.64. The van der Waals surface area contributed by atoms with Crippen LogP contribution in [0.4, 0.5) is 5.13 Å². The standard InChI is InChI=1S/C19H13IN2OS2.C6H6O3S/c1-12-4-9-15-16(11-12)25-19(21-15)22-18(23)13-5-7-14(8-6-13)20-17-3-2-10-24-17;7-10(8,9)6-4-2-1-3-5-6/h2-11H,1H3;1-5H,(H,7,8,9). The van der Waals surface area contributed by atoms with Crippen molar-refractivity contribution in [3.8, 4) is 0 Å². The molecule has 0 atom stereocenters. The first-order valence-electron chi connectivity index (χ1n) is 10.3. The number of fused-ring (bicyclic) bond motifs is 1. The van der Waals surface area contributed by atoms with E-state index in [1.807, 2.05) is 24.3 Å². The summed E-state index contributed by atoms with van der Waals surface area (Å²) in [5, 5.41) is 5.66. The highest BCUT2D eigenvalue weighted by Gasteiger charge is 2.17. The molecule has 5 aromatic rings. The van der Waals surface area contributed by atoms with Crippen LogP contribution in [0.3, 0.4) is 0 Å². The van der Waals surface area contributed by atoms with Crippen molar-refractivity contribution < 1.29 is 39.0 Å². The maximum Gasteiger partial charge on any atom is 0.369 e. The van der Waals surface area contributed by atoms with Gasteiger partial charge in [-0.2, -0.15) is 0 Å². The molecular formula is C25H19IN2O4S3. The minimum atomic E-state index is -4.25. The van der Waals surface area contributed by atoms with Gasteiger partial charge in [0.25, 0.3) is 5.91 Å². The van der Waals surface area contributed by atoms with E-state index in [2.05, 4.69) is 52.9 Å². The third-order valence-corrected chi connectivity index (χ3v) is 10.5. The van der Waals surface area contributed by atoms with E-state index >= 15 is 0 Å². The van der Waals surface area contributed by atoms with Crippen LogP contribution in [0.2, 0.25) is 0 Å². The van der Waals surface area contributed by atoms with E-state index in [-0.39, 0.29) is 32.0 Å². The number of amides is 1. The Labute approximate surface area is 221 Å². The molecule has 0 unspecified atom stereocenters. The topological polar surface area (TPSA) is 99.2 Å². The fraction of sp³-hybridized carbons (Fsp3) is 0.0400. The van der Waals surface area contributed by atoms with Crippen molar-refractivity contribution in [2.24, 2.45) is 0 Å². The van der Waals surface area contributed by atoms with E-state index in [0.29, 0.717) is 10.7 Å². The molecule has 5 rings (SSSR count). The lowest BCUT2D eigenvalue weighted by Crippen LogP contribution is -3.61. The molecule has 0 bridgehead atoms. The maximum absolute atomic E-state index is 12.5. The van der Waals surface area contributed by atoms with E-state index in [9.17, 15) is 17.8 Å². The van der Waals surface area contributed by atoms with Gasteiger partial charge >= 0.3 is 21.2 Å². The summed E-state index contributed by atoms with van der Waals surface area (Å²) in [5.74, 6) is -0.114. The van der Waals surface area contributed by atoms with E-state index in [4.69, 9.17) is 0 Å². The largest absolute Gasteiger partial charge is 0.744 e. The summed E-state index contributed by atoms with van der Waals surface area (Å²) in [6, 6.07) is 25.5. The van der Waals surface area contributed by atoms with Crippen LogP contribution in [0.1, 0.15) is 15.9 Å². The van der Waals surface area contributed by atoms with E-state index in [1.54, 1.807) is 17.4 Å². The summed E-state index contributed by atoms with van der Waals surface area (Å²) in [5.41, 5.74) is 2.77. The summed E-state index contributed by atoms with van der Waals surface area (Å²) < 4.78 is 34.7. The van der Waals surface area contributed by atoms with Crippen LogP contribution in [0.5, 0.6) is 0 Å². The Kier molecular flexibility index (Phi) is 8.29. The lowest BCUT2D eigenvalue weighted by molar-refractivity contribution is -0.591. The number of hydrogen-bond acceptors (Lipinski definition) is 7. The molecular weight excluding hydrogens is 615 g/mol. The molecule has 1 N–H and O–H groups in total. The summed E-state index contributed by atoms with van der Waals surface area (Å²) in [7, 11) is -4.25. The number of nitrogens with one attached hydrogen (secondary N) is 1. The number of carbonyl (C=O) groups is 1. The molecule has 2 heterocycles. The number of nitrogens with zero attached hydrogens (tertiary/aromatic N) is 1. The fourth-order valence-corrected chi connectivity index (χ4v) is 8.00. The number of halogens is 1. The van der Waals surface area contributed by atoms with Gasteiger partial charge in [-0.15, -0.1) is 0 Å². The van der Waals surface area contributed by atoms with Crippen molar-refractivity contribution in [1.82, 2.24) is 4.98 Å². The van der Waals surface area contributed by atoms with Crippen molar-refractivity contribution in [3.63, 3.8) is 0 Å². The molecule has 35 heavy (non-hydrogen) atoms. The Balaban J connectivity index is 0.000000243. The quantitative estimate of drug-likeness (QED) is 0.237. The number of thiophene rings is 1. The SMILES string of the molecule is Cc1ccc2nc(NC(=O)c3ccc([I+]c4cccs4)cc3)sc2c1.O=S(=O)([O-])c1ccccc1. The third kappa shape index (κ3) is 7.18. The van der Waals surface area contributed by atoms with Gasteiger partial charge in [-0.1, -0.05) is 46.9 Å². The average Bonchev–Trinajstić information content (AvgIpc) is 3.49. The van der Waals surface area contributed by atoms with Crippen molar-refractivity contribution in [3.05, 3.63) is 108 Å². The number of thiazole rings is 1. The van der Waals surface area contributed by atoms with Crippen LogP contribution in [0.25, 0.3) is 10.2 Å². The van der Waals surface area contributed by atoms with Gasteiger partial charge in [0.1, 0.15) is 10.1 Å². The minimum absolute atomic E-state index is 0.114. The molecule has 1 amide bonds. The van der Waals surface area contributed by atoms with Gasteiger partial charge in [-0.25, -0.2) is 13.4 Å². The lowest BCUT2D eigenvalue weighted by atomic mass is 10.2.